The molecule has 1 heterocycles. The van der Waals surface area contributed by atoms with E-state index >= 15 is 0 Å². The van der Waals surface area contributed by atoms with Crippen molar-refractivity contribution in [3.05, 3.63) is 22.7 Å². The first-order valence-electron chi connectivity index (χ1n) is 5.95. The molecule has 0 radical (unpaired) electrons. The minimum absolute atomic E-state index is 0.00673. The fraction of sp³-hybridized carbons (Fsp3) is 0.455. The summed E-state index contributed by atoms with van der Waals surface area (Å²) in [4.78, 5) is -0.00673. The van der Waals surface area contributed by atoms with Gasteiger partial charge < -0.3 is 5.73 Å². The Morgan fingerprint density at radius 1 is 1.40 bits per heavy atom. The van der Waals surface area contributed by atoms with Gasteiger partial charge in [-0.25, -0.2) is 21.6 Å². The highest BCUT2D eigenvalue weighted by molar-refractivity contribution is 9.10. The van der Waals surface area contributed by atoms with E-state index in [1.807, 2.05) is 0 Å². The van der Waals surface area contributed by atoms with Gasteiger partial charge in [-0.3, -0.25) is 0 Å². The number of nitrogens with two attached hydrogens (primary N) is 1. The molecule has 0 saturated carbocycles. The maximum atomic E-state index is 12.2. The van der Waals surface area contributed by atoms with Crippen molar-refractivity contribution < 1.29 is 16.8 Å². The van der Waals surface area contributed by atoms with Crippen molar-refractivity contribution in [2.24, 2.45) is 5.92 Å². The van der Waals surface area contributed by atoms with E-state index in [4.69, 9.17) is 5.73 Å². The molecule has 1 fully saturated rings. The molecule has 112 valence electrons. The normalized spacial score (nSPS) is 21.9. The lowest BCUT2D eigenvalue weighted by molar-refractivity contribution is 0.543. The SMILES string of the molecule is Nc1ccc(Br)cc1S(=O)(=O)NCC1CCS(=O)(=O)C1. The summed E-state index contributed by atoms with van der Waals surface area (Å²) in [5.74, 6) is -0.0230. The Balaban J connectivity index is 2.10. The summed E-state index contributed by atoms with van der Waals surface area (Å²) in [5.41, 5.74) is 5.82. The molecule has 1 aliphatic rings. The fourth-order valence-corrected chi connectivity index (χ4v) is 5.72. The number of halogens is 1. The first-order chi connectivity index (χ1) is 9.20. The van der Waals surface area contributed by atoms with Gasteiger partial charge in [0.2, 0.25) is 10.0 Å². The van der Waals surface area contributed by atoms with Gasteiger partial charge in [-0.15, -0.1) is 0 Å². The molecule has 3 N–H and O–H groups in total. The summed E-state index contributed by atoms with van der Waals surface area (Å²) in [6.07, 6.45) is 0.485. The Bertz CT molecular complexity index is 716. The molecule has 2 rings (SSSR count). The molecule has 20 heavy (non-hydrogen) atoms. The summed E-state index contributed by atoms with van der Waals surface area (Å²) in [6, 6.07) is 4.57. The highest BCUT2D eigenvalue weighted by Gasteiger charge is 2.29. The van der Waals surface area contributed by atoms with Gasteiger partial charge in [0.15, 0.2) is 9.84 Å². The Hall–Kier alpha value is -0.640. The monoisotopic (exact) mass is 382 g/mol. The van der Waals surface area contributed by atoms with Crippen LogP contribution in [0, 0.1) is 5.92 Å². The predicted molar refractivity (Wildman–Crippen MR) is 80.5 cm³/mol. The molecule has 1 aromatic rings. The number of sulfone groups is 1. The van der Waals surface area contributed by atoms with Gasteiger partial charge in [-0.05, 0) is 30.5 Å². The Morgan fingerprint density at radius 3 is 2.70 bits per heavy atom. The topological polar surface area (TPSA) is 106 Å². The highest BCUT2D eigenvalue weighted by atomic mass is 79.9. The molecule has 1 aliphatic heterocycles. The molecule has 0 spiro atoms. The van der Waals surface area contributed by atoms with Crippen LogP contribution in [0.4, 0.5) is 5.69 Å². The van der Waals surface area contributed by atoms with Crippen molar-refractivity contribution in [2.45, 2.75) is 11.3 Å². The number of benzene rings is 1. The number of anilines is 1. The van der Waals surface area contributed by atoms with E-state index in [9.17, 15) is 16.8 Å². The predicted octanol–water partition coefficient (Wildman–Crippen LogP) is 0.744. The van der Waals surface area contributed by atoms with Crippen molar-refractivity contribution in [1.29, 1.82) is 0 Å². The largest absolute Gasteiger partial charge is 0.398 e. The van der Waals surface area contributed by atoms with Crippen LogP contribution in [-0.2, 0) is 19.9 Å². The second-order valence-corrected chi connectivity index (χ2v) is 9.68. The maximum Gasteiger partial charge on any atom is 0.242 e. The Morgan fingerprint density at radius 2 is 2.10 bits per heavy atom. The van der Waals surface area contributed by atoms with Gasteiger partial charge in [0.25, 0.3) is 0 Å². The molecule has 6 nitrogen and oxygen atoms in total. The van der Waals surface area contributed by atoms with Crippen molar-refractivity contribution in [3.8, 4) is 0 Å². The quantitative estimate of drug-likeness (QED) is 0.747. The van der Waals surface area contributed by atoms with Crippen LogP contribution in [0.3, 0.4) is 0 Å². The van der Waals surface area contributed by atoms with E-state index in [2.05, 4.69) is 20.7 Å². The summed E-state index contributed by atoms with van der Waals surface area (Å²) >= 11 is 3.19. The highest BCUT2D eigenvalue weighted by Crippen LogP contribution is 2.24. The third-order valence-corrected chi connectivity index (χ3v) is 6.96. The van der Waals surface area contributed by atoms with Crippen LogP contribution in [0.25, 0.3) is 0 Å². The summed E-state index contributed by atoms with van der Waals surface area (Å²) in [7, 11) is -6.75. The molecule has 1 atom stereocenters. The van der Waals surface area contributed by atoms with Gasteiger partial charge in [-0.1, -0.05) is 15.9 Å². The number of nitrogens with one attached hydrogen (secondary N) is 1. The van der Waals surface area contributed by atoms with Crippen LogP contribution in [-0.4, -0.2) is 34.9 Å². The van der Waals surface area contributed by atoms with E-state index in [1.54, 1.807) is 6.07 Å². The molecule has 1 saturated heterocycles. The zero-order valence-corrected chi connectivity index (χ0v) is 13.8. The lowest BCUT2D eigenvalue weighted by Crippen LogP contribution is -2.30. The number of sulfonamides is 1. The van der Waals surface area contributed by atoms with Gasteiger partial charge in [0.1, 0.15) is 4.90 Å². The lowest BCUT2D eigenvalue weighted by Gasteiger charge is -2.12. The standard InChI is InChI=1S/C11H15BrN2O4S2/c12-9-1-2-10(13)11(5-9)20(17,18)14-6-8-3-4-19(15,16)7-8/h1-2,5,8,14H,3-4,6-7,13H2. The Labute approximate surface area is 126 Å². The van der Waals surface area contributed by atoms with E-state index in [0.29, 0.717) is 10.9 Å². The van der Waals surface area contributed by atoms with E-state index in [0.717, 1.165) is 0 Å². The third-order valence-electron chi connectivity index (χ3n) is 3.15. The first kappa shape index (κ1) is 15.7. The zero-order valence-electron chi connectivity index (χ0n) is 10.5. The van der Waals surface area contributed by atoms with Crippen LogP contribution in [0.1, 0.15) is 6.42 Å². The smallest absolute Gasteiger partial charge is 0.242 e. The lowest BCUT2D eigenvalue weighted by atomic mass is 10.1. The van der Waals surface area contributed by atoms with Crippen LogP contribution < -0.4 is 10.5 Å². The molecule has 0 aromatic heterocycles. The zero-order chi connectivity index (χ0) is 15.0. The number of hydrogen-bond acceptors (Lipinski definition) is 5. The fourth-order valence-electron chi connectivity index (χ4n) is 2.08. The summed E-state index contributed by atoms with van der Waals surface area (Å²) < 4.78 is 50.0. The van der Waals surface area contributed by atoms with Crippen LogP contribution in [0.15, 0.2) is 27.6 Å². The number of hydrogen-bond donors (Lipinski definition) is 2. The maximum absolute atomic E-state index is 12.2. The van der Waals surface area contributed by atoms with E-state index in [-0.39, 0.29) is 34.6 Å². The molecular weight excluding hydrogens is 368 g/mol. The molecular formula is C11H15BrN2O4S2. The number of rotatable bonds is 4. The molecule has 0 aliphatic carbocycles. The molecule has 9 heteroatoms. The third kappa shape index (κ3) is 3.72. The van der Waals surface area contributed by atoms with Gasteiger partial charge in [-0.2, -0.15) is 0 Å². The number of nitrogen functional groups attached to an aromatic ring is 1. The van der Waals surface area contributed by atoms with Crippen LogP contribution >= 0.6 is 15.9 Å². The second kappa shape index (κ2) is 5.63. The van der Waals surface area contributed by atoms with Crippen molar-refractivity contribution in [1.82, 2.24) is 4.72 Å². The average Bonchev–Trinajstić information content (AvgIpc) is 2.70. The molecule has 0 bridgehead atoms. The van der Waals surface area contributed by atoms with Crippen molar-refractivity contribution in [2.75, 3.05) is 23.8 Å². The van der Waals surface area contributed by atoms with Gasteiger partial charge in [0, 0.05) is 11.0 Å². The Kier molecular flexibility index (Phi) is 4.43. The minimum atomic E-state index is -3.74. The van der Waals surface area contributed by atoms with E-state index in [1.165, 1.54) is 12.1 Å². The molecule has 0 amide bonds. The average molecular weight is 383 g/mol. The van der Waals surface area contributed by atoms with Gasteiger partial charge in [0.05, 0.1) is 17.2 Å². The first-order valence-corrected chi connectivity index (χ1v) is 10.0. The minimum Gasteiger partial charge on any atom is -0.398 e. The van der Waals surface area contributed by atoms with Crippen molar-refractivity contribution >= 4 is 41.5 Å². The summed E-state index contributed by atoms with van der Waals surface area (Å²) in [6.45, 7) is 0.105. The molecule has 1 unspecified atom stereocenters. The van der Waals surface area contributed by atoms with Crippen LogP contribution in [0.5, 0.6) is 0 Å². The van der Waals surface area contributed by atoms with Gasteiger partial charge >= 0.3 is 0 Å². The summed E-state index contributed by atoms with van der Waals surface area (Å²) in [5, 5.41) is 0. The van der Waals surface area contributed by atoms with E-state index < -0.39 is 19.9 Å². The molecule has 1 aromatic carbocycles. The second-order valence-electron chi connectivity index (χ2n) is 4.80. The van der Waals surface area contributed by atoms with Crippen molar-refractivity contribution in [3.63, 3.8) is 0 Å². The van der Waals surface area contributed by atoms with Crippen LogP contribution in [0.2, 0.25) is 0 Å².